The third-order valence-electron chi connectivity index (χ3n) is 11.6. The Labute approximate surface area is 288 Å². The summed E-state index contributed by atoms with van der Waals surface area (Å²) in [7, 11) is 3.93. The van der Waals surface area contributed by atoms with Crippen molar-refractivity contribution in [2.24, 2.45) is 5.92 Å². The molecule has 8 nitrogen and oxygen atoms in total. The standard InChI is InChI=1S/C22H30N2O2S.C17H19NO3/c1-3-21(25)24(19-8-5-4-6-9-19)22(18-26-2)12-15-23(16-13-22)14-11-20-10-7-17-27-20;1-18-7-6-17-10-3-5-13(20)16(17)21-15-12(19)4-2-9(14(15)17)8-11(10)18/h4-10,17H,3,11-16,18H2,1-2H3;2-5,10-11,13,16,19-20H,6-8H2,1H3/t;10-,11+,13-,16-,17-/m.0/s1. The van der Waals surface area contributed by atoms with Crippen LogP contribution in [-0.4, -0.2) is 96.7 Å². The molecule has 1 aromatic heterocycles. The van der Waals surface area contributed by atoms with Crippen molar-refractivity contribution >= 4 is 22.9 Å². The van der Waals surface area contributed by atoms with Gasteiger partial charge in [-0.15, -0.1) is 11.3 Å². The molecule has 256 valence electrons. The van der Waals surface area contributed by atoms with Gasteiger partial charge in [-0.05, 0) is 80.9 Å². The first kappa shape index (κ1) is 33.3. The van der Waals surface area contributed by atoms with Gasteiger partial charge in [-0.2, -0.15) is 0 Å². The van der Waals surface area contributed by atoms with Gasteiger partial charge in [-0.3, -0.25) is 4.79 Å². The summed E-state index contributed by atoms with van der Waals surface area (Å²) in [5, 5.41) is 22.8. The summed E-state index contributed by atoms with van der Waals surface area (Å²) >= 11 is 1.83. The zero-order chi connectivity index (χ0) is 33.5. The lowest BCUT2D eigenvalue weighted by molar-refractivity contribution is -0.120. The van der Waals surface area contributed by atoms with E-state index < -0.39 is 6.10 Å². The second kappa shape index (κ2) is 13.6. The minimum absolute atomic E-state index is 0.160. The van der Waals surface area contributed by atoms with Gasteiger partial charge in [-0.1, -0.05) is 49.4 Å². The summed E-state index contributed by atoms with van der Waals surface area (Å²) in [4.78, 5) is 21.3. The number of para-hydroxylation sites is 1. The number of benzene rings is 2. The summed E-state index contributed by atoms with van der Waals surface area (Å²) < 4.78 is 11.7. The highest BCUT2D eigenvalue weighted by molar-refractivity contribution is 7.09. The number of carbonyl (C=O) groups is 1. The molecule has 2 fully saturated rings. The number of methoxy groups -OCH3 is 1. The molecular formula is C39H49N3O5S. The Morgan fingerprint density at radius 2 is 1.85 bits per heavy atom. The molecule has 5 atom stereocenters. The van der Waals surface area contributed by atoms with E-state index >= 15 is 0 Å². The lowest BCUT2D eigenvalue weighted by Crippen LogP contribution is -2.64. The lowest BCUT2D eigenvalue weighted by atomic mass is 9.53. The van der Waals surface area contributed by atoms with Crippen molar-refractivity contribution in [3.05, 3.63) is 88.1 Å². The first-order chi connectivity index (χ1) is 23.3. The Morgan fingerprint density at radius 3 is 2.56 bits per heavy atom. The molecule has 2 saturated heterocycles. The summed E-state index contributed by atoms with van der Waals surface area (Å²) in [6.45, 7) is 6.60. The number of aromatic hydroxyl groups is 1. The number of rotatable bonds is 8. The maximum absolute atomic E-state index is 12.9. The molecule has 3 aliphatic heterocycles. The Balaban J connectivity index is 0.000000156. The van der Waals surface area contributed by atoms with E-state index in [0.717, 1.165) is 64.0 Å². The second-order valence-corrected chi connectivity index (χ2v) is 15.2. The fraction of sp³-hybridized carbons (Fsp3) is 0.513. The molecule has 1 spiro atoms. The third kappa shape index (κ3) is 5.67. The van der Waals surface area contributed by atoms with Crippen LogP contribution >= 0.6 is 11.3 Å². The first-order valence-corrected chi connectivity index (χ1v) is 18.4. The number of phenolic OH excluding ortho intramolecular Hbond substituents is 1. The van der Waals surface area contributed by atoms with Gasteiger partial charge in [0.2, 0.25) is 5.91 Å². The molecule has 3 aromatic rings. The van der Waals surface area contributed by atoms with Crippen LogP contribution in [0.4, 0.5) is 5.69 Å². The number of aliphatic hydroxyl groups is 1. The number of anilines is 1. The van der Waals surface area contributed by atoms with Crippen LogP contribution in [0.2, 0.25) is 0 Å². The van der Waals surface area contributed by atoms with E-state index in [4.69, 9.17) is 9.47 Å². The predicted molar refractivity (Wildman–Crippen MR) is 190 cm³/mol. The first-order valence-electron chi connectivity index (χ1n) is 17.5. The molecule has 2 aromatic carbocycles. The maximum Gasteiger partial charge on any atom is 0.227 e. The average Bonchev–Trinajstić information content (AvgIpc) is 3.76. The lowest BCUT2D eigenvalue weighted by Gasteiger charge is -2.56. The number of ether oxygens (including phenoxy) is 2. The van der Waals surface area contributed by atoms with Gasteiger partial charge in [-0.25, -0.2) is 0 Å². The highest BCUT2D eigenvalue weighted by atomic mass is 32.1. The van der Waals surface area contributed by atoms with Crippen molar-refractivity contribution in [2.75, 3.05) is 51.8 Å². The molecule has 9 heteroatoms. The van der Waals surface area contributed by atoms with Gasteiger partial charge in [0.05, 0.1) is 12.1 Å². The number of hydrogen-bond donors (Lipinski definition) is 2. The average molecular weight is 672 g/mol. The molecule has 0 radical (unpaired) electrons. The van der Waals surface area contributed by atoms with Gasteiger partial charge in [0, 0.05) is 66.7 Å². The number of phenols is 1. The summed E-state index contributed by atoms with van der Waals surface area (Å²) in [6, 6.07) is 18.6. The molecule has 0 saturated carbocycles. The SMILES string of the molecule is CCC(=O)N(c1ccccc1)C1(COC)CCN(CCc2cccs2)CC1.CN1CC[C@]23c4c5ccc(O)c4O[C@H]2[C@@H](O)C=C[C@H]3[C@H]1C5. The summed E-state index contributed by atoms with van der Waals surface area (Å²) in [6.07, 6.45) is 8.66. The van der Waals surface area contributed by atoms with Crippen LogP contribution in [-0.2, 0) is 27.8 Å². The number of likely N-dealkylation sites (tertiary alicyclic amines) is 2. The number of carbonyl (C=O) groups excluding carboxylic acids is 1. The predicted octanol–water partition coefficient (Wildman–Crippen LogP) is 5.41. The van der Waals surface area contributed by atoms with Crippen LogP contribution in [0.1, 0.15) is 48.6 Å². The van der Waals surface area contributed by atoms with Crippen molar-refractivity contribution < 1.29 is 24.5 Å². The monoisotopic (exact) mass is 671 g/mol. The molecule has 2 bridgehead atoms. The topological polar surface area (TPSA) is 85.7 Å². The van der Waals surface area contributed by atoms with E-state index in [2.05, 4.69) is 40.4 Å². The van der Waals surface area contributed by atoms with E-state index in [-0.39, 0.29) is 28.7 Å². The van der Waals surface area contributed by atoms with Gasteiger partial charge < -0.3 is 34.4 Å². The van der Waals surface area contributed by atoms with E-state index in [9.17, 15) is 15.0 Å². The number of nitrogens with zero attached hydrogens (tertiary/aromatic N) is 3. The number of amides is 1. The van der Waals surface area contributed by atoms with Gasteiger partial charge in [0.15, 0.2) is 11.5 Å². The highest BCUT2D eigenvalue weighted by Gasteiger charge is 2.64. The second-order valence-electron chi connectivity index (χ2n) is 14.2. The minimum atomic E-state index is -0.594. The van der Waals surface area contributed by atoms with Crippen LogP contribution in [0.3, 0.4) is 0 Å². The van der Waals surface area contributed by atoms with Crippen molar-refractivity contribution in [2.45, 2.75) is 74.7 Å². The molecule has 0 unspecified atom stereocenters. The molecule has 2 aliphatic carbocycles. The summed E-state index contributed by atoms with van der Waals surface area (Å²) in [5.74, 6) is 1.36. The highest BCUT2D eigenvalue weighted by Crippen LogP contribution is 2.62. The fourth-order valence-electron chi connectivity index (χ4n) is 9.27. The molecule has 1 amide bonds. The van der Waals surface area contributed by atoms with E-state index in [1.165, 1.54) is 16.0 Å². The molecule has 48 heavy (non-hydrogen) atoms. The van der Waals surface area contributed by atoms with Crippen molar-refractivity contribution in [1.29, 1.82) is 0 Å². The zero-order valence-corrected chi connectivity index (χ0v) is 29.2. The molecule has 2 N–H and O–H groups in total. The third-order valence-corrected chi connectivity index (χ3v) is 12.6. The van der Waals surface area contributed by atoms with Gasteiger partial charge in [0.25, 0.3) is 0 Å². The number of likely N-dealkylation sites (N-methyl/N-ethyl adjacent to an activating group) is 1. The van der Waals surface area contributed by atoms with E-state index in [0.29, 0.717) is 30.7 Å². The smallest absolute Gasteiger partial charge is 0.227 e. The Morgan fingerprint density at radius 1 is 1.06 bits per heavy atom. The Bertz CT molecular complexity index is 1600. The number of hydrogen-bond acceptors (Lipinski definition) is 8. The largest absolute Gasteiger partial charge is 0.504 e. The minimum Gasteiger partial charge on any atom is -0.504 e. The number of aliphatic hydroxyl groups excluding tert-OH is 1. The van der Waals surface area contributed by atoms with Crippen LogP contribution in [0.25, 0.3) is 0 Å². The van der Waals surface area contributed by atoms with Crippen molar-refractivity contribution in [3.63, 3.8) is 0 Å². The quantitative estimate of drug-likeness (QED) is 0.310. The maximum atomic E-state index is 12.9. The van der Waals surface area contributed by atoms with Crippen LogP contribution < -0.4 is 9.64 Å². The summed E-state index contributed by atoms with van der Waals surface area (Å²) in [5.41, 5.74) is 3.01. The molecule has 8 rings (SSSR count). The fourth-order valence-corrected chi connectivity index (χ4v) is 9.97. The normalized spacial score (nSPS) is 28.2. The van der Waals surface area contributed by atoms with E-state index in [1.807, 2.05) is 65.6 Å². The molecular weight excluding hydrogens is 623 g/mol. The van der Waals surface area contributed by atoms with Crippen LogP contribution in [0.15, 0.2) is 72.1 Å². The van der Waals surface area contributed by atoms with Crippen molar-refractivity contribution in [3.8, 4) is 11.5 Å². The zero-order valence-electron chi connectivity index (χ0n) is 28.4. The van der Waals surface area contributed by atoms with Crippen LogP contribution in [0, 0.1) is 5.92 Å². The van der Waals surface area contributed by atoms with Crippen molar-refractivity contribution in [1.82, 2.24) is 9.80 Å². The van der Waals surface area contributed by atoms with Crippen LogP contribution in [0.5, 0.6) is 11.5 Å². The number of thiophene rings is 1. The van der Waals surface area contributed by atoms with E-state index in [1.54, 1.807) is 13.2 Å². The molecule has 5 aliphatic rings. The molecule has 4 heterocycles. The number of piperidine rings is 2. The Kier molecular flexibility index (Phi) is 9.43. The van der Waals surface area contributed by atoms with Gasteiger partial charge >= 0.3 is 0 Å². The Hall–Kier alpha value is -3.21. The van der Waals surface area contributed by atoms with Gasteiger partial charge in [0.1, 0.15) is 12.2 Å².